The zero-order valence-corrected chi connectivity index (χ0v) is 8.64. The highest BCUT2D eigenvalue weighted by Crippen LogP contribution is 2.09. The molecule has 0 aromatic carbocycles. The van der Waals surface area contributed by atoms with Crippen LogP contribution < -0.4 is 5.73 Å². The summed E-state index contributed by atoms with van der Waals surface area (Å²) in [5.74, 6) is 0.505. The van der Waals surface area contributed by atoms with Gasteiger partial charge < -0.3 is 15.7 Å². The summed E-state index contributed by atoms with van der Waals surface area (Å²) in [4.78, 5) is 5.91. The van der Waals surface area contributed by atoms with Gasteiger partial charge in [-0.15, -0.1) is 0 Å². The molecule has 14 heavy (non-hydrogen) atoms. The van der Waals surface area contributed by atoms with Gasteiger partial charge >= 0.3 is 0 Å². The molecule has 0 bridgehead atoms. The minimum absolute atomic E-state index is 0.392. The maximum absolute atomic E-state index is 9.67. The van der Waals surface area contributed by atoms with Crippen LogP contribution in [0.3, 0.4) is 0 Å². The Morgan fingerprint density at radius 3 is 2.86 bits per heavy atom. The summed E-state index contributed by atoms with van der Waals surface area (Å²) >= 11 is 0. The third kappa shape index (κ3) is 3.32. The topological polar surface area (TPSA) is 62.4 Å². The van der Waals surface area contributed by atoms with Crippen LogP contribution >= 0.6 is 0 Å². The van der Waals surface area contributed by atoms with Gasteiger partial charge in [-0.25, -0.2) is 4.98 Å². The monoisotopic (exact) mass is 195 g/mol. The summed E-state index contributed by atoms with van der Waals surface area (Å²) in [6.45, 7) is 0.633. The zero-order valence-electron chi connectivity index (χ0n) is 8.64. The summed E-state index contributed by atoms with van der Waals surface area (Å²) in [6, 6.07) is 3.72. The number of rotatable bonds is 4. The molecular formula is C10H17N3O. The van der Waals surface area contributed by atoms with Crippen molar-refractivity contribution in [1.82, 2.24) is 9.88 Å². The van der Waals surface area contributed by atoms with E-state index in [1.165, 1.54) is 0 Å². The molecule has 1 heterocycles. The zero-order chi connectivity index (χ0) is 10.6. The van der Waals surface area contributed by atoms with Gasteiger partial charge in [0.15, 0.2) is 0 Å². The van der Waals surface area contributed by atoms with Crippen molar-refractivity contribution in [2.24, 2.45) is 0 Å². The first-order chi connectivity index (χ1) is 6.59. The third-order valence-corrected chi connectivity index (χ3v) is 1.96. The van der Waals surface area contributed by atoms with Gasteiger partial charge in [-0.3, -0.25) is 0 Å². The van der Waals surface area contributed by atoms with Crippen LogP contribution in [0.5, 0.6) is 0 Å². The molecule has 1 rings (SSSR count). The number of aliphatic hydroxyl groups is 1. The van der Waals surface area contributed by atoms with Gasteiger partial charge in [0, 0.05) is 19.2 Å². The lowest BCUT2D eigenvalue weighted by Gasteiger charge is -2.16. The van der Waals surface area contributed by atoms with Crippen molar-refractivity contribution in [3.63, 3.8) is 0 Å². The van der Waals surface area contributed by atoms with Gasteiger partial charge in [0.05, 0.1) is 6.10 Å². The van der Waals surface area contributed by atoms with E-state index in [4.69, 9.17) is 5.73 Å². The molecule has 1 unspecified atom stereocenters. The number of hydrogen-bond acceptors (Lipinski definition) is 4. The average Bonchev–Trinajstić information content (AvgIpc) is 2.07. The fourth-order valence-corrected chi connectivity index (χ4v) is 1.36. The van der Waals surface area contributed by atoms with Gasteiger partial charge in [-0.1, -0.05) is 6.07 Å². The summed E-state index contributed by atoms with van der Waals surface area (Å²) in [5, 5.41) is 9.67. The smallest absolute Gasteiger partial charge is 0.126 e. The lowest BCUT2D eigenvalue weighted by atomic mass is 10.1. The quantitative estimate of drug-likeness (QED) is 0.717. The Kier molecular flexibility index (Phi) is 3.85. The Balaban J connectivity index is 2.56. The molecule has 4 nitrogen and oxygen atoms in total. The van der Waals surface area contributed by atoms with Crippen LogP contribution in [0.25, 0.3) is 0 Å². The second kappa shape index (κ2) is 4.93. The summed E-state index contributed by atoms with van der Waals surface area (Å²) in [7, 11) is 3.85. The first kappa shape index (κ1) is 10.9. The maximum atomic E-state index is 9.67. The molecule has 0 saturated carbocycles. The van der Waals surface area contributed by atoms with Gasteiger partial charge in [0.2, 0.25) is 0 Å². The van der Waals surface area contributed by atoms with Crippen LogP contribution in [0.15, 0.2) is 18.3 Å². The molecule has 0 aliphatic rings. The molecule has 1 atom stereocenters. The standard InChI is InChI=1S/C10H17N3O/c1-13(2)7-9(14)6-8-4-3-5-12-10(8)11/h3-5,9,14H,6-7H2,1-2H3,(H2,11,12). The molecule has 1 aromatic heterocycles. The Bertz CT molecular complexity index is 288. The van der Waals surface area contributed by atoms with E-state index in [-0.39, 0.29) is 0 Å². The normalized spacial score (nSPS) is 13.1. The van der Waals surface area contributed by atoms with Crippen molar-refractivity contribution >= 4 is 5.82 Å². The second-order valence-corrected chi connectivity index (χ2v) is 3.67. The average molecular weight is 195 g/mol. The predicted molar refractivity (Wildman–Crippen MR) is 56.9 cm³/mol. The minimum Gasteiger partial charge on any atom is -0.391 e. The number of nitrogen functional groups attached to an aromatic ring is 1. The van der Waals surface area contributed by atoms with Crippen LogP contribution in [0.1, 0.15) is 5.56 Å². The van der Waals surface area contributed by atoms with E-state index in [1.807, 2.05) is 31.1 Å². The fraction of sp³-hybridized carbons (Fsp3) is 0.500. The molecule has 0 aliphatic heterocycles. The molecule has 0 radical (unpaired) electrons. The maximum Gasteiger partial charge on any atom is 0.126 e. The molecule has 0 fully saturated rings. The molecule has 1 aromatic rings. The SMILES string of the molecule is CN(C)CC(O)Cc1cccnc1N. The van der Waals surface area contributed by atoms with Gasteiger partial charge in [-0.2, -0.15) is 0 Å². The number of hydrogen-bond donors (Lipinski definition) is 2. The lowest BCUT2D eigenvalue weighted by molar-refractivity contribution is 0.137. The number of aromatic nitrogens is 1. The second-order valence-electron chi connectivity index (χ2n) is 3.67. The van der Waals surface area contributed by atoms with Crippen LogP contribution in [0.2, 0.25) is 0 Å². The highest BCUT2D eigenvalue weighted by atomic mass is 16.3. The van der Waals surface area contributed by atoms with E-state index < -0.39 is 6.10 Å². The highest BCUT2D eigenvalue weighted by molar-refractivity contribution is 5.38. The number of nitrogens with zero attached hydrogens (tertiary/aromatic N) is 2. The van der Waals surface area contributed by atoms with Crippen LogP contribution in [-0.4, -0.2) is 41.7 Å². The van der Waals surface area contributed by atoms with Crippen LogP contribution in [-0.2, 0) is 6.42 Å². The number of nitrogens with two attached hydrogens (primary N) is 1. The number of aliphatic hydroxyl groups excluding tert-OH is 1. The molecule has 4 heteroatoms. The van der Waals surface area contributed by atoms with E-state index >= 15 is 0 Å². The van der Waals surface area contributed by atoms with Crippen molar-refractivity contribution < 1.29 is 5.11 Å². The lowest BCUT2D eigenvalue weighted by Crippen LogP contribution is -2.27. The summed E-state index contributed by atoms with van der Waals surface area (Å²) in [5.41, 5.74) is 6.57. The van der Waals surface area contributed by atoms with Crippen molar-refractivity contribution in [3.05, 3.63) is 23.9 Å². The summed E-state index contributed by atoms with van der Waals surface area (Å²) in [6.07, 6.45) is 1.81. The number of anilines is 1. The van der Waals surface area contributed by atoms with Gasteiger partial charge in [0.25, 0.3) is 0 Å². The molecule has 0 spiro atoms. The van der Waals surface area contributed by atoms with Gasteiger partial charge in [-0.05, 0) is 25.7 Å². The molecule has 0 saturated heterocycles. The minimum atomic E-state index is -0.392. The summed E-state index contributed by atoms with van der Waals surface area (Å²) < 4.78 is 0. The van der Waals surface area contributed by atoms with Crippen molar-refractivity contribution in [1.29, 1.82) is 0 Å². The Morgan fingerprint density at radius 1 is 1.57 bits per heavy atom. The van der Waals surface area contributed by atoms with E-state index in [9.17, 15) is 5.11 Å². The van der Waals surface area contributed by atoms with Crippen LogP contribution in [0, 0.1) is 0 Å². The van der Waals surface area contributed by atoms with E-state index in [0.29, 0.717) is 18.8 Å². The molecule has 0 aliphatic carbocycles. The largest absolute Gasteiger partial charge is 0.391 e. The molecule has 3 N–H and O–H groups in total. The first-order valence-electron chi connectivity index (χ1n) is 4.61. The highest BCUT2D eigenvalue weighted by Gasteiger charge is 2.08. The first-order valence-corrected chi connectivity index (χ1v) is 4.61. The van der Waals surface area contributed by atoms with Crippen molar-refractivity contribution in [2.45, 2.75) is 12.5 Å². The third-order valence-electron chi connectivity index (χ3n) is 1.96. The van der Waals surface area contributed by atoms with E-state index in [0.717, 1.165) is 5.56 Å². The van der Waals surface area contributed by atoms with Crippen LogP contribution in [0.4, 0.5) is 5.82 Å². The Morgan fingerprint density at radius 2 is 2.29 bits per heavy atom. The Labute approximate surface area is 84.4 Å². The number of likely N-dealkylation sites (N-methyl/N-ethyl adjacent to an activating group) is 1. The van der Waals surface area contributed by atoms with E-state index in [1.54, 1.807) is 6.20 Å². The predicted octanol–water partition coefficient (Wildman–Crippen LogP) is 0.129. The number of pyridine rings is 1. The fourth-order valence-electron chi connectivity index (χ4n) is 1.36. The molecule has 0 amide bonds. The van der Waals surface area contributed by atoms with Crippen molar-refractivity contribution in [3.8, 4) is 0 Å². The molecule has 78 valence electrons. The Hall–Kier alpha value is -1.13. The van der Waals surface area contributed by atoms with Crippen molar-refractivity contribution in [2.75, 3.05) is 26.4 Å². The molecular weight excluding hydrogens is 178 g/mol. The van der Waals surface area contributed by atoms with Gasteiger partial charge in [0.1, 0.15) is 5.82 Å². The van der Waals surface area contributed by atoms with E-state index in [2.05, 4.69) is 4.98 Å².